The van der Waals surface area contributed by atoms with Crippen molar-refractivity contribution in [1.82, 2.24) is 20.4 Å². The van der Waals surface area contributed by atoms with Gasteiger partial charge in [0.1, 0.15) is 5.82 Å². The molecule has 29 heavy (non-hydrogen) atoms. The van der Waals surface area contributed by atoms with Crippen molar-refractivity contribution in [3.8, 4) is 0 Å². The Morgan fingerprint density at radius 2 is 2.03 bits per heavy atom. The normalized spacial score (nSPS) is 20.8. The minimum atomic E-state index is -0.768. The van der Waals surface area contributed by atoms with Gasteiger partial charge in [-0.15, -0.1) is 6.58 Å². The number of nitrogens with one attached hydrogen (secondary N) is 2. The molecule has 0 spiro atoms. The van der Waals surface area contributed by atoms with Gasteiger partial charge < -0.3 is 15.4 Å². The molecule has 3 rings (SSSR count). The number of nitrogens with zero attached hydrogens (tertiary/aromatic N) is 2. The van der Waals surface area contributed by atoms with Crippen molar-refractivity contribution in [2.75, 3.05) is 45.9 Å². The summed E-state index contributed by atoms with van der Waals surface area (Å²) < 4.78 is 19.0. The Bertz CT molecular complexity index is 803. The van der Waals surface area contributed by atoms with E-state index in [1.165, 1.54) is 12.1 Å². The van der Waals surface area contributed by atoms with Crippen molar-refractivity contribution in [1.29, 1.82) is 0 Å². The third-order valence-corrected chi connectivity index (χ3v) is 5.06. The summed E-state index contributed by atoms with van der Waals surface area (Å²) >= 11 is 0. The van der Waals surface area contributed by atoms with Crippen LogP contribution in [0.5, 0.6) is 0 Å². The lowest BCUT2D eigenvalue weighted by Crippen LogP contribution is -2.51. The average Bonchev–Trinajstić information content (AvgIpc) is 2.69. The smallest absolute Gasteiger partial charge is 0.338 e. The summed E-state index contributed by atoms with van der Waals surface area (Å²) in [4.78, 5) is 29.5. The lowest BCUT2D eigenvalue weighted by molar-refractivity contribution is -0.139. The van der Waals surface area contributed by atoms with Gasteiger partial charge >= 0.3 is 12.0 Å². The molecule has 2 amide bonds. The van der Waals surface area contributed by atoms with Crippen molar-refractivity contribution in [2.45, 2.75) is 13.0 Å². The molecule has 1 aromatic carbocycles. The number of rotatable bonds is 7. The largest absolute Gasteiger partial charge is 0.463 e. The highest BCUT2D eigenvalue weighted by molar-refractivity contribution is 5.95. The van der Waals surface area contributed by atoms with Crippen molar-refractivity contribution in [3.63, 3.8) is 0 Å². The van der Waals surface area contributed by atoms with Crippen molar-refractivity contribution < 1.29 is 18.7 Å². The van der Waals surface area contributed by atoms with Gasteiger partial charge in [-0.25, -0.2) is 14.0 Å². The van der Waals surface area contributed by atoms with Crippen LogP contribution in [-0.2, 0) is 9.53 Å². The van der Waals surface area contributed by atoms with Gasteiger partial charge in [-0.05, 0) is 24.6 Å². The summed E-state index contributed by atoms with van der Waals surface area (Å²) in [7, 11) is 0. The molecular weight excluding hydrogens is 375 g/mol. The lowest BCUT2D eigenvalue weighted by atomic mass is 9.95. The van der Waals surface area contributed by atoms with E-state index in [0.29, 0.717) is 23.4 Å². The Hall–Kier alpha value is -2.71. The van der Waals surface area contributed by atoms with Gasteiger partial charge in [-0.1, -0.05) is 18.2 Å². The maximum atomic E-state index is 13.8. The molecule has 2 N–H and O–H groups in total. The molecule has 2 heterocycles. The van der Waals surface area contributed by atoms with Crippen LogP contribution < -0.4 is 10.6 Å². The van der Waals surface area contributed by atoms with Crippen molar-refractivity contribution >= 4 is 12.0 Å². The van der Waals surface area contributed by atoms with E-state index >= 15 is 0 Å². The topological polar surface area (TPSA) is 73.9 Å². The highest BCUT2D eigenvalue weighted by Crippen LogP contribution is 2.28. The molecule has 1 saturated heterocycles. The molecular formula is C21H27FN4O3. The second-order valence-electron chi connectivity index (χ2n) is 7.06. The molecule has 1 aromatic rings. The first kappa shape index (κ1) is 21.0. The number of hydrogen-bond donors (Lipinski definition) is 2. The van der Waals surface area contributed by atoms with Crippen molar-refractivity contribution in [2.24, 2.45) is 0 Å². The standard InChI is InChI=1S/C21H27FN4O3/c1-3-8-25-9-11-26(12-10-25)14-17-18(20(27)29-4-2)19(24-21(28)23-17)15-6-5-7-16(22)13-15/h3,5-7,13,19H,1,4,8-12,14H2,2H3,(H2,23,24,28). The minimum absolute atomic E-state index is 0.208. The van der Waals surface area contributed by atoms with E-state index in [4.69, 9.17) is 4.74 Å². The molecule has 8 heteroatoms. The Balaban J connectivity index is 1.88. The molecule has 1 atom stereocenters. The number of piperazine rings is 1. The minimum Gasteiger partial charge on any atom is -0.463 e. The zero-order chi connectivity index (χ0) is 20.8. The summed E-state index contributed by atoms with van der Waals surface area (Å²) in [6.45, 7) is 10.3. The monoisotopic (exact) mass is 402 g/mol. The average molecular weight is 402 g/mol. The van der Waals surface area contributed by atoms with E-state index in [9.17, 15) is 14.0 Å². The Kier molecular flexibility index (Phi) is 7.00. The first-order valence-electron chi connectivity index (χ1n) is 9.80. The molecule has 0 aliphatic carbocycles. The highest BCUT2D eigenvalue weighted by atomic mass is 19.1. The molecule has 2 aliphatic rings. The summed E-state index contributed by atoms with van der Waals surface area (Å²) in [6, 6.07) is 4.69. The van der Waals surface area contributed by atoms with Crippen LogP contribution in [0.1, 0.15) is 18.5 Å². The zero-order valence-electron chi connectivity index (χ0n) is 16.6. The van der Waals surface area contributed by atoms with Gasteiger partial charge in [0.15, 0.2) is 0 Å². The van der Waals surface area contributed by atoms with Gasteiger partial charge in [0, 0.05) is 45.0 Å². The molecule has 1 fully saturated rings. The van der Waals surface area contributed by atoms with E-state index in [-0.39, 0.29) is 6.61 Å². The van der Waals surface area contributed by atoms with Crippen LogP contribution in [-0.4, -0.2) is 67.7 Å². The lowest BCUT2D eigenvalue weighted by Gasteiger charge is -2.36. The maximum Gasteiger partial charge on any atom is 0.338 e. The number of ether oxygens (including phenoxy) is 1. The number of carbonyl (C=O) groups excluding carboxylic acids is 2. The third-order valence-electron chi connectivity index (χ3n) is 5.06. The number of halogens is 1. The SMILES string of the molecule is C=CCN1CCN(CC2=C(C(=O)OCC)C(c3cccc(F)c3)NC(=O)N2)CC1. The highest BCUT2D eigenvalue weighted by Gasteiger charge is 2.34. The molecule has 7 nitrogen and oxygen atoms in total. The van der Waals surface area contributed by atoms with Crippen LogP contribution in [0.2, 0.25) is 0 Å². The fourth-order valence-electron chi connectivity index (χ4n) is 3.66. The molecule has 0 aromatic heterocycles. The van der Waals surface area contributed by atoms with Crippen LogP contribution in [0.3, 0.4) is 0 Å². The number of urea groups is 1. The number of benzene rings is 1. The third kappa shape index (κ3) is 5.21. The van der Waals surface area contributed by atoms with E-state index < -0.39 is 23.9 Å². The summed E-state index contributed by atoms with van der Waals surface area (Å²) in [6.07, 6.45) is 1.88. The van der Waals surface area contributed by atoms with E-state index in [2.05, 4.69) is 27.0 Å². The quantitative estimate of drug-likeness (QED) is 0.538. The Labute approximate surface area is 170 Å². The van der Waals surface area contributed by atoms with E-state index in [1.54, 1.807) is 19.1 Å². The van der Waals surface area contributed by atoms with Gasteiger partial charge in [-0.2, -0.15) is 0 Å². The fraction of sp³-hybridized carbons (Fsp3) is 0.429. The number of hydrogen-bond acceptors (Lipinski definition) is 5. The van der Waals surface area contributed by atoms with E-state index in [1.807, 2.05) is 6.08 Å². The number of carbonyl (C=O) groups is 2. The van der Waals surface area contributed by atoms with Gasteiger partial charge in [0.2, 0.25) is 0 Å². The molecule has 0 saturated carbocycles. The molecule has 1 unspecified atom stereocenters. The number of esters is 1. The molecule has 0 radical (unpaired) electrons. The molecule has 156 valence electrons. The first-order valence-corrected chi connectivity index (χ1v) is 9.80. The Morgan fingerprint density at radius 3 is 2.69 bits per heavy atom. The van der Waals surface area contributed by atoms with Gasteiger partial charge in [0.25, 0.3) is 0 Å². The predicted molar refractivity (Wildman–Crippen MR) is 108 cm³/mol. The van der Waals surface area contributed by atoms with Crippen LogP contribution in [0.25, 0.3) is 0 Å². The first-order chi connectivity index (χ1) is 14.0. The predicted octanol–water partition coefficient (Wildman–Crippen LogP) is 1.80. The van der Waals surface area contributed by atoms with Crippen LogP contribution >= 0.6 is 0 Å². The second kappa shape index (κ2) is 9.67. The summed E-state index contributed by atoms with van der Waals surface area (Å²) in [5.41, 5.74) is 1.31. The Morgan fingerprint density at radius 1 is 1.31 bits per heavy atom. The van der Waals surface area contributed by atoms with Gasteiger partial charge in [0.05, 0.1) is 18.2 Å². The summed E-state index contributed by atoms with van der Waals surface area (Å²) in [5.74, 6) is -0.951. The van der Waals surface area contributed by atoms with Gasteiger partial charge in [-0.3, -0.25) is 9.80 Å². The van der Waals surface area contributed by atoms with Crippen LogP contribution in [0.15, 0.2) is 48.2 Å². The van der Waals surface area contributed by atoms with E-state index in [0.717, 1.165) is 32.7 Å². The zero-order valence-corrected chi connectivity index (χ0v) is 16.6. The van der Waals surface area contributed by atoms with Crippen molar-refractivity contribution in [3.05, 3.63) is 59.6 Å². The number of amides is 2. The fourth-order valence-corrected chi connectivity index (χ4v) is 3.66. The van der Waals surface area contributed by atoms with Crippen LogP contribution in [0.4, 0.5) is 9.18 Å². The summed E-state index contributed by atoms with van der Waals surface area (Å²) in [5, 5.41) is 5.49. The maximum absolute atomic E-state index is 13.8. The molecule has 0 bridgehead atoms. The van der Waals surface area contributed by atoms with Crippen LogP contribution in [0, 0.1) is 5.82 Å². The second-order valence-corrected chi connectivity index (χ2v) is 7.06. The molecule has 2 aliphatic heterocycles.